The van der Waals surface area contributed by atoms with Crippen LogP contribution in [0.25, 0.3) is 10.9 Å². The molecule has 1 aliphatic heterocycles. The molecule has 0 radical (unpaired) electrons. The number of phenols is 1. The van der Waals surface area contributed by atoms with Crippen LogP contribution in [0.2, 0.25) is 0 Å². The minimum atomic E-state index is 0.0922. The molecule has 1 unspecified atom stereocenters. The molecule has 2 heterocycles. The molecule has 6 heteroatoms. The Morgan fingerprint density at radius 2 is 2.26 bits per heavy atom. The van der Waals surface area contributed by atoms with Crippen molar-refractivity contribution in [3.63, 3.8) is 0 Å². The molecule has 3 rings (SSSR count). The summed E-state index contributed by atoms with van der Waals surface area (Å²) in [5.41, 5.74) is 6.68. The van der Waals surface area contributed by atoms with Gasteiger partial charge in [-0.25, -0.2) is 9.97 Å². The lowest BCUT2D eigenvalue weighted by molar-refractivity contribution is 0.374. The lowest BCUT2D eigenvalue weighted by Crippen LogP contribution is -2.27. The van der Waals surface area contributed by atoms with Gasteiger partial charge in [0, 0.05) is 30.6 Å². The van der Waals surface area contributed by atoms with E-state index in [4.69, 9.17) is 10.5 Å². The van der Waals surface area contributed by atoms with Crippen molar-refractivity contribution in [1.29, 1.82) is 0 Å². The fourth-order valence-corrected chi connectivity index (χ4v) is 2.45. The number of rotatable bonds is 2. The summed E-state index contributed by atoms with van der Waals surface area (Å²) < 4.78 is 5.09. The molecule has 0 saturated carbocycles. The Morgan fingerprint density at radius 1 is 1.42 bits per heavy atom. The van der Waals surface area contributed by atoms with Crippen LogP contribution in [0.3, 0.4) is 0 Å². The Morgan fingerprint density at radius 3 is 2.95 bits per heavy atom. The first kappa shape index (κ1) is 12.0. The van der Waals surface area contributed by atoms with Gasteiger partial charge in [0.15, 0.2) is 11.5 Å². The molecule has 0 spiro atoms. The molecule has 1 aromatic heterocycles. The van der Waals surface area contributed by atoms with Gasteiger partial charge in [0.05, 0.1) is 12.6 Å². The van der Waals surface area contributed by atoms with E-state index in [0.717, 1.165) is 36.2 Å². The summed E-state index contributed by atoms with van der Waals surface area (Å²) in [5, 5.41) is 10.7. The van der Waals surface area contributed by atoms with Gasteiger partial charge >= 0.3 is 0 Å². The molecule has 1 fully saturated rings. The van der Waals surface area contributed by atoms with Crippen molar-refractivity contribution in [2.75, 3.05) is 25.1 Å². The highest BCUT2D eigenvalue weighted by Crippen LogP contribution is 2.34. The number of hydrogen-bond acceptors (Lipinski definition) is 6. The van der Waals surface area contributed by atoms with E-state index in [1.165, 1.54) is 13.4 Å². The zero-order valence-electron chi connectivity index (χ0n) is 10.7. The van der Waals surface area contributed by atoms with Gasteiger partial charge in [0.2, 0.25) is 0 Å². The number of hydrogen-bond donors (Lipinski definition) is 2. The van der Waals surface area contributed by atoms with Crippen LogP contribution in [0.15, 0.2) is 18.5 Å². The average Bonchev–Trinajstić information content (AvgIpc) is 2.84. The Bertz CT molecular complexity index is 617. The number of aromatic hydroxyl groups is 1. The molecule has 1 saturated heterocycles. The van der Waals surface area contributed by atoms with E-state index in [1.54, 1.807) is 12.1 Å². The summed E-state index contributed by atoms with van der Waals surface area (Å²) in [5.74, 6) is 1.32. The fourth-order valence-electron chi connectivity index (χ4n) is 2.45. The molecule has 0 amide bonds. The molecule has 0 aliphatic carbocycles. The van der Waals surface area contributed by atoms with Crippen molar-refractivity contribution in [2.24, 2.45) is 5.73 Å². The van der Waals surface area contributed by atoms with E-state index in [2.05, 4.69) is 14.9 Å². The number of benzene rings is 1. The van der Waals surface area contributed by atoms with Crippen LogP contribution >= 0.6 is 0 Å². The molecular weight excluding hydrogens is 244 g/mol. The first-order chi connectivity index (χ1) is 9.19. The quantitative estimate of drug-likeness (QED) is 0.834. The Labute approximate surface area is 110 Å². The monoisotopic (exact) mass is 260 g/mol. The minimum Gasteiger partial charge on any atom is -0.504 e. The van der Waals surface area contributed by atoms with Crippen LogP contribution in [-0.4, -0.2) is 41.3 Å². The van der Waals surface area contributed by atoms with E-state index in [0.29, 0.717) is 5.75 Å². The lowest BCUT2D eigenvalue weighted by atomic mass is 10.2. The average molecular weight is 260 g/mol. The summed E-state index contributed by atoms with van der Waals surface area (Å²) in [7, 11) is 1.52. The minimum absolute atomic E-state index is 0.0922. The summed E-state index contributed by atoms with van der Waals surface area (Å²) in [4.78, 5) is 10.7. The normalized spacial score (nSPS) is 19.1. The molecule has 100 valence electrons. The predicted molar refractivity (Wildman–Crippen MR) is 72.6 cm³/mol. The second-order valence-corrected chi connectivity index (χ2v) is 4.73. The highest BCUT2D eigenvalue weighted by Gasteiger charge is 2.22. The maximum atomic E-state index is 9.90. The van der Waals surface area contributed by atoms with Crippen LogP contribution in [-0.2, 0) is 0 Å². The smallest absolute Gasteiger partial charge is 0.162 e. The van der Waals surface area contributed by atoms with Gasteiger partial charge < -0.3 is 20.5 Å². The third-order valence-corrected chi connectivity index (χ3v) is 3.44. The second-order valence-electron chi connectivity index (χ2n) is 4.73. The number of ether oxygens (including phenoxy) is 1. The van der Waals surface area contributed by atoms with Crippen molar-refractivity contribution in [3.05, 3.63) is 18.5 Å². The molecule has 1 aliphatic rings. The molecule has 6 nitrogen and oxygen atoms in total. The topological polar surface area (TPSA) is 84.5 Å². The van der Waals surface area contributed by atoms with E-state index in [9.17, 15) is 5.11 Å². The van der Waals surface area contributed by atoms with Crippen LogP contribution in [0, 0.1) is 0 Å². The highest BCUT2D eigenvalue weighted by molar-refractivity contribution is 5.92. The van der Waals surface area contributed by atoms with E-state index in [1.807, 2.05) is 0 Å². The molecular formula is C13H16N4O2. The number of nitrogens with zero attached hydrogens (tertiary/aromatic N) is 3. The summed E-state index contributed by atoms with van der Waals surface area (Å²) in [6, 6.07) is 3.54. The van der Waals surface area contributed by atoms with Crippen LogP contribution in [0.5, 0.6) is 11.5 Å². The number of nitrogens with two attached hydrogens (primary N) is 1. The number of fused-ring (bicyclic) bond motifs is 1. The maximum Gasteiger partial charge on any atom is 0.162 e. The van der Waals surface area contributed by atoms with Gasteiger partial charge in [0.1, 0.15) is 12.1 Å². The van der Waals surface area contributed by atoms with Crippen molar-refractivity contribution in [2.45, 2.75) is 12.5 Å². The SMILES string of the molecule is COc1cc2ncnc(N3CCC(N)C3)c2cc1O. The van der Waals surface area contributed by atoms with Crippen LogP contribution < -0.4 is 15.4 Å². The van der Waals surface area contributed by atoms with Crippen LogP contribution in [0.1, 0.15) is 6.42 Å². The van der Waals surface area contributed by atoms with E-state index >= 15 is 0 Å². The van der Waals surface area contributed by atoms with E-state index in [-0.39, 0.29) is 11.8 Å². The molecule has 3 N–H and O–H groups in total. The van der Waals surface area contributed by atoms with Gasteiger partial charge in [-0.2, -0.15) is 0 Å². The number of aromatic nitrogens is 2. The highest BCUT2D eigenvalue weighted by atomic mass is 16.5. The molecule has 19 heavy (non-hydrogen) atoms. The third-order valence-electron chi connectivity index (χ3n) is 3.44. The van der Waals surface area contributed by atoms with Crippen molar-refractivity contribution in [1.82, 2.24) is 9.97 Å². The summed E-state index contributed by atoms with van der Waals surface area (Å²) >= 11 is 0. The van der Waals surface area contributed by atoms with Gasteiger partial charge in [-0.15, -0.1) is 0 Å². The Kier molecular flexibility index (Phi) is 2.87. The van der Waals surface area contributed by atoms with Gasteiger partial charge in [-0.1, -0.05) is 0 Å². The largest absolute Gasteiger partial charge is 0.504 e. The maximum absolute atomic E-state index is 9.90. The van der Waals surface area contributed by atoms with Crippen molar-refractivity contribution < 1.29 is 9.84 Å². The Hall–Kier alpha value is -2.08. The first-order valence-corrected chi connectivity index (χ1v) is 6.21. The van der Waals surface area contributed by atoms with Crippen LogP contribution in [0.4, 0.5) is 5.82 Å². The van der Waals surface area contributed by atoms with Gasteiger partial charge in [0.25, 0.3) is 0 Å². The molecule has 2 aromatic rings. The zero-order chi connectivity index (χ0) is 13.4. The number of phenolic OH excluding ortho intramolecular Hbond substituents is 1. The second kappa shape index (κ2) is 4.55. The third kappa shape index (κ3) is 2.04. The lowest BCUT2D eigenvalue weighted by Gasteiger charge is -2.18. The fraction of sp³-hybridized carbons (Fsp3) is 0.385. The van der Waals surface area contributed by atoms with Crippen molar-refractivity contribution in [3.8, 4) is 11.5 Å². The Balaban J connectivity index is 2.12. The number of methoxy groups -OCH3 is 1. The molecule has 1 aromatic carbocycles. The summed E-state index contributed by atoms with van der Waals surface area (Å²) in [6.07, 6.45) is 2.48. The number of anilines is 1. The standard InChI is InChI=1S/C13H16N4O2/c1-19-12-5-10-9(4-11(12)18)13(16-7-15-10)17-3-2-8(14)6-17/h4-5,7-8,18H,2-3,6,14H2,1H3. The molecule has 1 atom stereocenters. The van der Waals surface area contributed by atoms with Crippen molar-refractivity contribution >= 4 is 16.7 Å². The zero-order valence-corrected chi connectivity index (χ0v) is 10.7. The first-order valence-electron chi connectivity index (χ1n) is 6.21. The van der Waals surface area contributed by atoms with Gasteiger partial charge in [-0.3, -0.25) is 0 Å². The predicted octanol–water partition coefficient (Wildman–Crippen LogP) is 0.881. The van der Waals surface area contributed by atoms with E-state index < -0.39 is 0 Å². The van der Waals surface area contributed by atoms with Gasteiger partial charge in [-0.05, 0) is 12.5 Å². The summed E-state index contributed by atoms with van der Waals surface area (Å²) in [6.45, 7) is 1.65. The molecule has 0 bridgehead atoms.